The van der Waals surface area contributed by atoms with E-state index >= 15 is 0 Å². The average Bonchev–Trinajstić information content (AvgIpc) is 2.71. The molecule has 2 heterocycles. The Balaban J connectivity index is 1.82. The Morgan fingerprint density at radius 2 is 2.12 bits per heavy atom. The van der Waals surface area contributed by atoms with Gasteiger partial charge in [0.15, 0.2) is 0 Å². The van der Waals surface area contributed by atoms with Crippen LogP contribution in [0.5, 0.6) is 0 Å². The molecule has 0 spiro atoms. The number of rotatable bonds is 4. The molecule has 0 bridgehead atoms. The first-order chi connectivity index (χ1) is 8.24. The molecule has 0 aliphatic carbocycles. The standard InChI is InChI=1S/C12H23N3O2/c1-2-14-5-3-10(4-6-14)8-15-11(7-13)9-17-12(15)16/h10-11H,2-9,13H2,1H3. The van der Waals surface area contributed by atoms with Gasteiger partial charge in [-0.1, -0.05) is 6.92 Å². The van der Waals surface area contributed by atoms with Crippen LogP contribution in [0.3, 0.4) is 0 Å². The van der Waals surface area contributed by atoms with E-state index in [9.17, 15) is 4.79 Å². The maximum atomic E-state index is 11.6. The van der Waals surface area contributed by atoms with Crippen LogP contribution in [0.2, 0.25) is 0 Å². The van der Waals surface area contributed by atoms with E-state index < -0.39 is 0 Å². The zero-order valence-electron chi connectivity index (χ0n) is 10.6. The van der Waals surface area contributed by atoms with Crippen LogP contribution < -0.4 is 5.73 Å². The molecule has 1 unspecified atom stereocenters. The highest BCUT2D eigenvalue weighted by molar-refractivity contribution is 5.70. The Kier molecular flexibility index (Phi) is 4.23. The minimum Gasteiger partial charge on any atom is -0.447 e. The Labute approximate surface area is 103 Å². The highest BCUT2D eigenvalue weighted by Gasteiger charge is 2.34. The molecule has 5 heteroatoms. The molecule has 2 rings (SSSR count). The van der Waals surface area contributed by atoms with Gasteiger partial charge in [-0.2, -0.15) is 0 Å². The molecule has 2 aliphatic heterocycles. The lowest BCUT2D eigenvalue weighted by Crippen LogP contribution is -2.44. The van der Waals surface area contributed by atoms with Crippen molar-refractivity contribution in [2.24, 2.45) is 11.7 Å². The minimum absolute atomic E-state index is 0.0895. The van der Waals surface area contributed by atoms with Gasteiger partial charge in [0.2, 0.25) is 0 Å². The molecule has 1 amide bonds. The summed E-state index contributed by atoms with van der Waals surface area (Å²) in [4.78, 5) is 15.9. The molecule has 2 aliphatic rings. The summed E-state index contributed by atoms with van der Waals surface area (Å²) >= 11 is 0. The number of amides is 1. The van der Waals surface area contributed by atoms with Gasteiger partial charge in [-0.25, -0.2) is 4.79 Å². The van der Waals surface area contributed by atoms with E-state index in [1.165, 1.54) is 12.8 Å². The number of nitrogens with zero attached hydrogens (tertiary/aromatic N) is 2. The van der Waals surface area contributed by atoms with Crippen LogP contribution in [0, 0.1) is 5.92 Å². The van der Waals surface area contributed by atoms with Gasteiger partial charge in [0, 0.05) is 13.1 Å². The van der Waals surface area contributed by atoms with E-state index in [4.69, 9.17) is 10.5 Å². The number of hydrogen-bond donors (Lipinski definition) is 1. The second kappa shape index (κ2) is 5.69. The minimum atomic E-state index is -0.182. The number of piperidine rings is 1. The number of likely N-dealkylation sites (tertiary alicyclic amines) is 1. The van der Waals surface area contributed by atoms with Crippen LogP contribution in [-0.4, -0.2) is 61.3 Å². The van der Waals surface area contributed by atoms with Crippen LogP contribution in [0.25, 0.3) is 0 Å². The van der Waals surface area contributed by atoms with Crippen molar-refractivity contribution in [3.63, 3.8) is 0 Å². The van der Waals surface area contributed by atoms with Gasteiger partial charge in [0.25, 0.3) is 0 Å². The summed E-state index contributed by atoms with van der Waals surface area (Å²) in [5, 5.41) is 0. The Bertz CT molecular complexity index is 264. The molecule has 2 saturated heterocycles. The molecular weight excluding hydrogens is 218 g/mol. The predicted molar refractivity (Wildman–Crippen MR) is 65.7 cm³/mol. The smallest absolute Gasteiger partial charge is 0.410 e. The molecule has 17 heavy (non-hydrogen) atoms. The molecule has 2 N–H and O–H groups in total. The zero-order chi connectivity index (χ0) is 12.3. The quantitative estimate of drug-likeness (QED) is 0.778. The number of nitrogens with two attached hydrogens (primary N) is 1. The molecule has 0 aromatic heterocycles. The predicted octanol–water partition coefficient (Wildman–Crippen LogP) is 0.498. The summed E-state index contributed by atoms with van der Waals surface area (Å²) < 4.78 is 5.05. The van der Waals surface area contributed by atoms with Crippen molar-refractivity contribution in [1.29, 1.82) is 0 Å². The largest absolute Gasteiger partial charge is 0.447 e. The van der Waals surface area contributed by atoms with Gasteiger partial charge >= 0.3 is 6.09 Å². The fourth-order valence-corrected chi connectivity index (χ4v) is 2.67. The number of ether oxygens (including phenoxy) is 1. The number of hydrogen-bond acceptors (Lipinski definition) is 4. The van der Waals surface area contributed by atoms with Gasteiger partial charge < -0.3 is 20.3 Å². The van der Waals surface area contributed by atoms with Gasteiger partial charge in [-0.15, -0.1) is 0 Å². The normalized spacial score (nSPS) is 27.5. The van der Waals surface area contributed by atoms with Gasteiger partial charge in [0.05, 0.1) is 6.04 Å². The van der Waals surface area contributed by atoms with Gasteiger partial charge in [0.1, 0.15) is 6.61 Å². The number of cyclic esters (lactones) is 1. The first kappa shape index (κ1) is 12.6. The van der Waals surface area contributed by atoms with Gasteiger partial charge in [-0.05, 0) is 38.4 Å². The van der Waals surface area contributed by atoms with Crippen molar-refractivity contribution < 1.29 is 9.53 Å². The van der Waals surface area contributed by atoms with Crippen molar-refractivity contribution in [2.75, 3.05) is 39.3 Å². The number of carbonyl (C=O) groups is 1. The Hall–Kier alpha value is -0.810. The van der Waals surface area contributed by atoms with Crippen LogP contribution in [0.4, 0.5) is 4.79 Å². The van der Waals surface area contributed by atoms with Crippen LogP contribution in [-0.2, 0) is 4.74 Å². The highest BCUT2D eigenvalue weighted by atomic mass is 16.6. The Morgan fingerprint density at radius 3 is 2.71 bits per heavy atom. The third kappa shape index (κ3) is 2.90. The van der Waals surface area contributed by atoms with E-state index in [-0.39, 0.29) is 12.1 Å². The lowest BCUT2D eigenvalue weighted by molar-refractivity contribution is 0.134. The molecular formula is C12H23N3O2. The molecule has 0 aromatic carbocycles. The van der Waals surface area contributed by atoms with Gasteiger partial charge in [-0.3, -0.25) is 0 Å². The van der Waals surface area contributed by atoms with Crippen molar-refractivity contribution >= 4 is 6.09 Å². The summed E-state index contributed by atoms with van der Waals surface area (Å²) in [6, 6.07) is 0.0895. The third-order valence-corrected chi connectivity index (χ3v) is 3.96. The fraction of sp³-hybridized carbons (Fsp3) is 0.917. The monoisotopic (exact) mass is 241 g/mol. The lowest BCUT2D eigenvalue weighted by atomic mass is 9.96. The summed E-state index contributed by atoms with van der Waals surface area (Å²) in [5.41, 5.74) is 5.65. The second-order valence-corrected chi connectivity index (χ2v) is 5.00. The van der Waals surface area contributed by atoms with Crippen LogP contribution in [0.1, 0.15) is 19.8 Å². The van der Waals surface area contributed by atoms with E-state index in [1.807, 2.05) is 4.90 Å². The van der Waals surface area contributed by atoms with Crippen LogP contribution in [0.15, 0.2) is 0 Å². The molecule has 98 valence electrons. The van der Waals surface area contributed by atoms with E-state index in [1.54, 1.807) is 0 Å². The fourth-order valence-electron chi connectivity index (χ4n) is 2.67. The zero-order valence-corrected chi connectivity index (χ0v) is 10.6. The highest BCUT2D eigenvalue weighted by Crippen LogP contribution is 2.21. The second-order valence-electron chi connectivity index (χ2n) is 5.00. The molecule has 5 nitrogen and oxygen atoms in total. The topological polar surface area (TPSA) is 58.8 Å². The Morgan fingerprint density at radius 1 is 1.41 bits per heavy atom. The maximum Gasteiger partial charge on any atom is 0.410 e. The molecule has 0 saturated carbocycles. The van der Waals surface area contributed by atoms with E-state index in [0.29, 0.717) is 19.1 Å². The summed E-state index contributed by atoms with van der Waals surface area (Å²) in [6.45, 7) is 7.40. The van der Waals surface area contributed by atoms with Crippen molar-refractivity contribution in [3.8, 4) is 0 Å². The number of carbonyl (C=O) groups excluding carboxylic acids is 1. The van der Waals surface area contributed by atoms with Crippen LogP contribution >= 0.6 is 0 Å². The van der Waals surface area contributed by atoms with Crippen molar-refractivity contribution in [2.45, 2.75) is 25.8 Å². The lowest BCUT2D eigenvalue weighted by Gasteiger charge is -2.33. The molecule has 0 aromatic rings. The maximum absolute atomic E-state index is 11.6. The summed E-state index contributed by atoms with van der Waals surface area (Å²) in [6.07, 6.45) is 2.17. The van der Waals surface area contributed by atoms with E-state index in [2.05, 4.69) is 11.8 Å². The molecule has 1 atom stereocenters. The van der Waals surface area contributed by atoms with E-state index in [0.717, 1.165) is 26.2 Å². The molecule has 0 radical (unpaired) electrons. The summed E-state index contributed by atoms with van der Waals surface area (Å²) in [5.74, 6) is 0.609. The first-order valence-electron chi connectivity index (χ1n) is 6.60. The third-order valence-electron chi connectivity index (χ3n) is 3.96. The van der Waals surface area contributed by atoms with Crippen molar-refractivity contribution in [3.05, 3.63) is 0 Å². The summed E-state index contributed by atoms with van der Waals surface area (Å²) in [7, 11) is 0. The SMILES string of the molecule is CCN1CCC(CN2C(=O)OCC2CN)CC1. The average molecular weight is 241 g/mol. The molecule has 2 fully saturated rings. The van der Waals surface area contributed by atoms with Crippen molar-refractivity contribution in [1.82, 2.24) is 9.80 Å². The first-order valence-corrected chi connectivity index (χ1v) is 6.60.